The van der Waals surface area contributed by atoms with E-state index < -0.39 is 0 Å². The van der Waals surface area contributed by atoms with E-state index in [4.69, 9.17) is 5.11 Å². The Hall–Kier alpha value is -0.0800. The van der Waals surface area contributed by atoms with Crippen LogP contribution in [0.2, 0.25) is 0 Å². The van der Waals surface area contributed by atoms with Gasteiger partial charge in [0.05, 0.1) is 27.7 Å². The average Bonchev–Trinajstić information content (AvgIpc) is 1.79. The first-order valence-electron chi connectivity index (χ1n) is 4.30. The van der Waals surface area contributed by atoms with Crippen molar-refractivity contribution in [2.24, 2.45) is 5.92 Å². The van der Waals surface area contributed by atoms with Crippen molar-refractivity contribution >= 4 is 0 Å². The van der Waals surface area contributed by atoms with Gasteiger partial charge in [0.25, 0.3) is 0 Å². The van der Waals surface area contributed by atoms with E-state index in [1.807, 2.05) is 0 Å². The van der Waals surface area contributed by atoms with Crippen LogP contribution in [0.3, 0.4) is 0 Å². The summed E-state index contributed by atoms with van der Waals surface area (Å²) >= 11 is 0. The topological polar surface area (TPSA) is 20.2 Å². The van der Waals surface area contributed by atoms with E-state index in [0.717, 1.165) is 10.9 Å². The normalized spacial score (nSPS) is 15.5. The van der Waals surface area contributed by atoms with Crippen molar-refractivity contribution < 1.29 is 9.59 Å². The summed E-state index contributed by atoms with van der Waals surface area (Å²) in [6.45, 7) is 4.68. The van der Waals surface area contributed by atoms with E-state index in [1.54, 1.807) is 0 Å². The SMILES string of the molecule is CC(C)CC(CO)[N+](C)(C)C. The van der Waals surface area contributed by atoms with Crippen LogP contribution in [0.25, 0.3) is 0 Å². The molecule has 2 heteroatoms. The summed E-state index contributed by atoms with van der Waals surface area (Å²) in [7, 11) is 6.38. The zero-order valence-electron chi connectivity index (χ0n) is 8.46. The van der Waals surface area contributed by atoms with Crippen LogP contribution in [0.1, 0.15) is 20.3 Å². The van der Waals surface area contributed by atoms with E-state index in [1.165, 1.54) is 0 Å². The molecule has 0 radical (unpaired) electrons. The molecule has 0 saturated heterocycles. The highest BCUT2D eigenvalue weighted by atomic mass is 16.3. The van der Waals surface area contributed by atoms with Crippen LogP contribution in [0, 0.1) is 5.92 Å². The summed E-state index contributed by atoms with van der Waals surface area (Å²) in [6.07, 6.45) is 1.10. The van der Waals surface area contributed by atoms with E-state index in [-0.39, 0.29) is 0 Å². The van der Waals surface area contributed by atoms with E-state index in [2.05, 4.69) is 35.0 Å². The average molecular weight is 160 g/mol. The summed E-state index contributed by atoms with van der Waals surface area (Å²) in [5.41, 5.74) is 0. The number of nitrogens with zero attached hydrogens (tertiary/aromatic N) is 1. The maximum atomic E-state index is 9.09. The zero-order valence-corrected chi connectivity index (χ0v) is 8.46. The van der Waals surface area contributed by atoms with Crippen LogP contribution >= 0.6 is 0 Å². The highest BCUT2D eigenvalue weighted by Gasteiger charge is 2.23. The molecule has 1 atom stereocenters. The minimum atomic E-state index is 0.293. The third-order valence-electron chi connectivity index (χ3n) is 2.05. The molecule has 0 saturated carbocycles. The van der Waals surface area contributed by atoms with Gasteiger partial charge in [0.1, 0.15) is 6.04 Å². The van der Waals surface area contributed by atoms with Crippen molar-refractivity contribution in [1.29, 1.82) is 0 Å². The summed E-state index contributed by atoms with van der Waals surface area (Å²) in [4.78, 5) is 0. The standard InChI is InChI=1S/C9H22NO/c1-8(2)6-9(7-11)10(3,4)5/h8-9,11H,6-7H2,1-5H3/q+1. The molecule has 2 nitrogen and oxygen atoms in total. The first-order chi connectivity index (χ1) is 4.88. The monoisotopic (exact) mass is 160 g/mol. The van der Waals surface area contributed by atoms with Gasteiger partial charge in [-0.15, -0.1) is 0 Å². The van der Waals surface area contributed by atoms with Crippen molar-refractivity contribution in [3.8, 4) is 0 Å². The summed E-state index contributed by atoms with van der Waals surface area (Å²) in [6, 6.07) is 0.384. The van der Waals surface area contributed by atoms with Gasteiger partial charge in [-0.25, -0.2) is 0 Å². The van der Waals surface area contributed by atoms with Gasteiger partial charge < -0.3 is 9.59 Å². The fourth-order valence-electron chi connectivity index (χ4n) is 1.18. The number of quaternary nitrogens is 1. The Morgan fingerprint density at radius 2 is 1.64 bits per heavy atom. The number of aliphatic hydroxyl groups is 1. The molecule has 0 fully saturated rings. The molecule has 0 spiro atoms. The summed E-state index contributed by atoms with van der Waals surface area (Å²) in [5.74, 6) is 0.671. The Bertz CT molecular complexity index is 105. The first-order valence-corrected chi connectivity index (χ1v) is 4.30. The van der Waals surface area contributed by atoms with Gasteiger partial charge in [-0.05, 0) is 5.92 Å². The number of rotatable bonds is 4. The second-order valence-corrected chi connectivity index (χ2v) is 4.58. The minimum absolute atomic E-state index is 0.293. The van der Waals surface area contributed by atoms with Gasteiger partial charge in [-0.3, -0.25) is 0 Å². The molecular weight excluding hydrogens is 138 g/mol. The Morgan fingerprint density at radius 3 is 1.73 bits per heavy atom. The molecule has 0 aromatic heterocycles. The molecule has 11 heavy (non-hydrogen) atoms. The molecule has 0 aliphatic carbocycles. The Labute approximate surface area is 70.4 Å². The van der Waals surface area contributed by atoms with Gasteiger partial charge in [0.15, 0.2) is 0 Å². The van der Waals surface area contributed by atoms with Crippen molar-refractivity contribution in [2.75, 3.05) is 27.7 Å². The molecule has 0 aromatic rings. The molecule has 0 heterocycles. The predicted molar refractivity (Wildman–Crippen MR) is 48.4 cm³/mol. The predicted octanol–water partition coefficient (Wildman–Crippen LogP) is 1.10. The fourth-order valence-corrected chi connectivity index (χ4v) is 1.18. The van der Waals surface area contributed by atoms with Crippen LogP contribution in [-0.4, -0.2) is 43.4 Å². The lowest BCUT2D eigenvalue weighted by Crippen LogP contribution is -2.47. The molecule has 0 rings (SSSR count). The number of hydrogen-bond donors (Lipinski definition) is 1. The second kappa shape index (κ2) is 4.07. The van der Waals surface area contributed by atoms with Crippen molar-refractivity contribution in [3.05, 3.63) is 0 Å². The maximum absolute atomic E-state index is 9.09. The van der Waals surface area contributed by atoms with Crippen LogP contribution in [0.15, 0.2) is 0 Å². The molecule has 1 unspecified atom stereocenters. The van der Waals surface area contributed by atoms with Crippen molar-refractivity contribution in [2.45, 2.75) is 26.3 Å². The van der Waals surface area contributed by atoms with Crippen LogP contribution in [0.4, 0.5) is 0 Å². The molecular formula is C9H22NO+. The Morgan fingerprint density at radius 1 is 1.18 bits per heavy atom. The summed E-state index contributed by atoms with van der Waals surface area (Å²) in [5, 5.41) is 9.09. The highest BCUT2D eigenvalue weighted by molar-refractivity contribution is 4.58. The summed E-state index contributed by atoms with van der Waals surface area (Å²) < 4.78 is 0.856. The van der Waals surface area contributed by atoms with E-state index >= 15 is 0 Å². The highest BCUT2D eigenvalue weighted by Crippen LogP contribution is 2.12. The second-order valence-electron chi connectivity index (χ2n) is 4.58. The lowest BCUT2D eigenvalue weighted by atomic mass is 10.0. The minimum Gasteiger partial charge on any atom is -0.390 e. The number of hydrogen-bond acceptors (Lipinski definition) is 1. The smallest absolute Gasteiger partial charge is 0.112 e. The van der Waals surface area contributed by atoms with Gasteiger partial charge in [-0.2, -0.15) is 0 Å². The van der Waals surface area contributed by atoms with Crippen LogP contribution in [-0.2, 0) is 0 Å². The van der Waals surface area contributed by atoms with E-state index in [0.29, 0.717) is 18.6 Å². The van der Waals surface area contributed by atoms with Gasteiger partial charge >= 0.3 is 0 Å². The quantitative estimate of drug-likeness (QED) is 0.611. The number of aliphatic hydroxyl groups excluding tert-OH is 1. The fraction of sp³-hybridized carbons (Fsp3) is 1.00. The maximum Gasteiger partial charge on any atom is 0.112 e. The third-order valence-corrected chi connectivity index (χ3v) is 2.05. The molecule has 0 aliphatic heterocycles. The molecule has 0 aliphatic rings. The van der Waals surface area contributed by atoms with Crippen LogP contribution in [0.5, 0.6) is 0 Å². The van der Waals surface area contributed by atoms with Gasteiger partial charge in [0.2, 0.25) is 0 Å². The zero-order chi connectivity index (χ0) is 9.07. The molecule has 0 aromatic carbocycles. The number of likely N-dealkylation sites (N-methyl/N-ethyl adjacent to an activating group) is 1. The molecule has 1 N–H and O–H groups in total. The van der Waals surface area contributed by atoms with E-state index in [9.17, 15) is 0 Å². The molecule has 68 valence electrons. The van der Waals surface area contributed by atoms with Crippen molar-refractivity contribution in [3.63, 3.8) is 0 Å². The lowest BCUT2D eigenvalue weighted by molar-refractivity contribution is -0.897. The molecule has 0 amide bonds. The Kier molecular flexibility index (Phi) is 4.04. The van der Waals surface area contributed by atoms with Crippen LogP contribution < -0.4 is 0 Å². The van der Waals surface area contributed by atoms with Crippen molar-refractivity contribution in [1.82, 2.24) is 0 Å². The Balaban J connectivity index is 3.96. The largest absolute Gasteiger partial charge is 0.390 e. The van der Waals surface area contributed by atoms with Gasteiger partial charge in [0, 0.05) is 6.42 Å². The lowest BCUT2D eigenvalue weighted by Gasteiger charge is -2.33. The molecule has 0 bridgehead atoms. The van der Waals surface area contributed by atoms with Gasteiger partial charge in [-0.1, -0.05) is 13.8 Å². The third kappa shape index (κ3) is 4.38. The first kappa shape index (κ1) is 10.9.